The summed E-state index contributed by atoms with van der Waals surface area (Å²) >= 11 is 0. The molecular formula is C16H14F3N5. The van der Waals surface area contributed by atoms with Crippen LogP contribution in [0.1, 0.15) is 11.4 Å². The van der Waals surface area contributed by atoms with E-state index in [0.29, 0.717) is 6.54 Å². The third kappa shape index (κ3) is 3.53. The molecule has 2 aromatic heterocycles. The van der Waals surface area contributed by atoms with Gasteiger partial charge >= 0.3 is 6.18 Å². The Morgan fingerprint density at radius 1 is 1.12 bits per heavy atom. The van der Waals surface area contributed by atoms with Gasteiger partial charge in [-0.05, 0) is 29.8 Å². The minimum absolute atomic E-state index is 0.210. The number of hydrogen-bond donors (Lipinski definition) is 0. The van der Waals surface area contributed by atoms with Crippen LogP contribution in [0, 0.1) is 0 Å². The molecule has 0 aliphatic heterocycles. The van der Waals surface area contributed by atoms with Crippen molar-refractivity contribution in [1.82, 2.24) is 19.7 Å². The van der Waals surface area contributed by atoms with E-state index >= 15 is 0 Å². The molecule has 0 fully saturated rings. The maximum Gasteiger partial charge on any atom is 0.451 e. The summed E-state index contributed by atoms with van der Waals surface area (Å²) in [4.78, 5) is 8.50. The standard InChI is InChI=1S/C16H14F3N5/c1-23(14-6-8-20-15(22-14)16(17,18)19)11-12-4-2-5-13(10-12)24-9-3-7-21-24/h2-10H,11H2,1H3. The summed E-state index contributed by atoms with van der Waals surface area (Å²) in [6.07, 6.45) is 0.0554. The van der Waals surface area contributed by atoms with E-state index in [2.05, 4.69) is 15.1 Å². The summed E-state index contributed by atoms with van der Waals surface area (Å²) in [6, 6.07) is 10.9. The maximum absolute atomic E-state index is 12.7. The van der Waals surface area contributed by atoms with Crippen LogP contribution in [-0.2, 0) is 12.7 Å². The molecule has 0 spiro atoms. The number of nitrogens with zero attached hydrogens (tertiary/aromatic N) is 5. The van der Waals surface area contributed by atoms with Gasteiger partial charge in [0.25, 0.3) is 0 Å². The first-order valence-corrected chi connectivity index (χ1v) is 7.14. The molecule has 0 aliphatic rings. The molecule has 8 heteroatoms. The van der Waals surface area contributed by atoms with Crippen LogP contribution in [0.25, 0.3) is 5.69 Å². The molecule has 0 saturated carbocycles. The van der Waals surface area contributed by atoms with Gasteiger partial charge in [0, 0.05) is 32.2 Å². The molecule has 1 aromatic carbocycles. The Kier molecular flexibility index (Phi) is 4.20. The van der Waals surface area contributed by atoms with Crippen LogP contribution in [0.2, 0.25) is 0 Å². The predicted octanol–water partition coefficient (Wildman–Crippen LogP) is 3.32. The highest BCUT2D eigenvalue weighted by molar-refractivity contribution is 5.41. The summed E-state index contributed by atoms with van der Waals surface area (Å²) in [5, 5.41) is 4.16. The lowest BCUT2D eigenvalue weighted by atomic mass is 10.2. The van der Waals surface area contributed by atoms with Crippen molar-refractivity contribution in [2.24, 2.45) is 0 Å². The number of halogens is 3. The quantitative estimate of drug-likeness (QED) is 0.735. The molecule has 0 saturated heterocycles. The van der Waals surface area contributed by atoms with E-state index < -0.39 is 12.0 Å². The van der Waals surface area contributed by atoms with Crippen molar-refractivity contribution in [2.45, 2.75) is 12.7 Å². The normalized spacial score (nSPS) is 11.5. The molecule has 0 aliphatic carbocycles. The van der Waals surface area contributed by atoms with Crippen LogP contribution in [0.4, 0.5) is 19.0 Å². The van der Waals surface area contributed by atoms with Crippen LogP contribution in [-0.4, -0.2) is 26.8 Å². The third-order valence-corrected chi connectivity index (χ3v) is 3.38. The topological polar surface area (TPSA) is 46.8 Å². The molecular weight excluding hydrogens is 319 g/mol. The van der Waals surface area contributed by atoms with Crippen LogP contribution >= 0.6 is 0 Å². The van der Waals surface area contributed by atoms with Gasteiger partial charge in [-0.1, -0.05) is 12.1 Å². The van der Waals surface area contributed by atoms with Gasteiger partial charge < -0.3 is 4.90 Å². The van der Waals surface area contributed by atoms with Crippen molar-refractivity contribution in [3.8, 4) is 5.69 Å². The highest BCUT2D eigenvalue weighted by Crippen LogP contribution is 2.27. The minimum Gasteiger partial charge on any atom is -0.355 e. The Bertz CT molecular complexity index is 815. The average Bonchev–Trinajstić information content (AvgIpc) is 3.09. The van der Waals surface area contributed by atoms with Crippen LogP contribution in [0.15, 0.2) is 55.0 Å². The van der Waals surface area contributed by atoms with Crippen molar-refractivity contribution in [3.05, 3.63) is 66.4 Å². The smallest absolute Gasteiger partial charge is 0.355 e. The highest BCUT2D eigenvalue weighted by Gasteiger charge is 2.34. The molecule has 24 heavy (non-hydrogen) atoms. The molecule has 0 bridgehead atoms. The second-order valence-corrected chi connectivity index (χ2v) is 5.21. The summed E-state index contributed by atoms with van der Waals surface area (Å²) in [6.45, 7) is 0.406. The summed E-state index contributed by atoms with van der Waals surface area (Å²) < 4.78 is 39.9. The van der Waals surface area contributed by atoms with Gasteiger partial charge in [0.05, 0.1) is 5.69 Å². The highest BCUT2D eigenvalue weighted by atomic mass is 19.4. The van der Waals surface area contributed by atoms with Crippen molar-refractivity contribution in [1.29, 1.82) is 0 Å². The van der Waals surface area contributed by atoms with Gasteiger partial charge in [0.15, 0.2) is 0 Å². The van der Waals surface area contributed by atoms with Gasteiger partial charge in [0.2, 0.25) is 5.82 Å². The van der Waals surface area contributed by atoms with Crippen LogP contribution in [0.3, 0.4) is 0 Å². The fourth-order valence-electron chi connectivity index (χ4n) is 2.27. The van der Waals surface area contributed by atoms with Crippen LogP contribution < -0.4 is 4.90 Å². The lowest BCUT2D eigenvalue weighted by molar-refractivity contribution is -0.144. The van der Waals surface area contributed by atoms with Crippen molar-refractivity contribution >= 4 is 5.82 Å². The first-order chi connectivity index (χ1) is 11.4. The average molecular weight is 333 g/mol. The van der Waals surface area contributed by atoms with E-state index in [9.17, 15) is 13.2 Å². The Labute approximate surface area is 136 Å². The van der Waals surface area contributed by atoms with Crippen molar-refractivity contribution < 1.29 is 13.2 Å². The number of benzene rings is 1. The molecule has 124 valence electrons. The van der Waals surface area contributed by atoms with Gasteiger partial charge in [0.1, 0.15) is 5.82 Å². The molecule has 0 unspecified atom stereocenters. The SMILES string of the molecule is CN(Cc1cccc(-n2cccn2)c1)c1ccnc(C(F)(F)F)n1. The number of aromatic nitrogens is 4. The second-order valence-electron chi connectivity index (χ2n) is 5.21. The second kappa shape index (κ2) is 6.31. The van der Waals surface area contributed by atoms with Crippen molar-refractivity contribution in [2.75, 3.05) is 11.9 Å². The number of alkyl halides is 3. The van der Waals surface area contributed by atoms with Gasteiger partial charge in [-0.25, -0.2) is 14.6 Å². The fraction of sp³-hybridized carbons (Fsp3) is 0.188. The zero-order valence-corrected chi connectivity index (χ0v) is 12.8. The predicted molar refractivity (Wildman–Crippen MR) is 82.7 cm³/mol. The van der Waals surface area contributed by atoms with Gasteiger partial charge in [-0.15, -0.1) is 0 Å². The number of rotatable bonds is 4. The van der Waals surface area contributed by atoms with Gasteiger partial charge in [-0.3, -0.25) is 0 Å². The largest absolute Gasteiger partial charge is 0.451 e. The first-order valence-electron chi connectivity index (χ1n) is 7.14. The van der Waals surface area contributed by atoms with E-state index in [-0.39, 0.29) is 5.82 Å². The lowest BCUT2D eigenvalue weighted by Crippen LogP contribution is -2.20. The monoisotopic (exact) mass is 333 g/mol. The zero-order chi connectivity index (χ0) is 17.2. The molecule has 2 heterocycles. The zero-order valence-electron chi connectivity index (χ0n) is 12.8. The maximum atomic E-state index is 12.7. The van der Waals surface area contributed by atoms with E-state index in [4.69, 9.17) is 0 Å². The van der Waals surface area contributed by atoms with Gasteiger partial charge in [-0.2, -0.15) is 18.3 Å². The fourth-order valence-corrected chi connectivity index (χ4v) is 2.27. The first kappa shape index (κ1) is 16.0. The minimum atomic E-state index is -4.56. The van der Waals surface area contributed by atoms with E-state index in [1.807, 2.05) is 36.5 Å². The third-order valence-electron chi connectivity index (χ3n) is 3.38. The Morgan fingerprint density at radius 2 is 1.96 bits per heavy atom. The molecule has 0 amide bonds. The Balaban J connectivity index is 1.80. The summed E-state index contributed by atoms with van der Waals surface area (Å²) in [5.41, 5.74) is 1.81. The summed E-state index contributed by atoms with van der Waals surface area (Å²) in [5.74, 6) is -0.932. The molecule has 5 nitrogen and oxygen atoms in total. The van der Waals surface area contributed by atoms with E-state index in [1.165, 1.54) is 6.07 Å². The van der Waals surface area contributed by atoms with Crippen LogP contribution in [0.5, 0.6) is 0 Å². The molecule has 0 radical (unpaired) electrons. The number of hydrogen-bond acceptors (Lipinski definition) is 4. The van der Waals surface area contributed by atoms with E-state index in [0.717, 1.165) is 17.4 Å². The molecule has 3 aromatic rings. The van der Waals surface area contributed by atoms with Crippen molar-refractivity contribution in [3.63, 3.8) is 0 Å². The molecule has 0 atom stereocenters. The molecule has 3 rings (SSSR count). The Morgan fingerprint density at radius 3 is 2.67 bits per heavy atom. The van der Waals surface area contributed by atoms with E-state index in [1.54, 1.807) is 22.8 Å². The molecule has 0 N–H and O–H groups in total. The summed E-state index contributed by atoms with van der Waals surface area (Å²) in [7, 11) is 1.68. The lowest BCUT2D eigenvalue weighted by Gasteiger charge is -2.19. The Hall–Kier alpha value is -2.90. The number of anilines is 1.